The Morgan fingerprint density at radius 1 is 1.33 bits per heavy atom. The third-order valence-electron chi connectivity index (χ3n) is 2.17. The SMILES string of the molecule is O=C(CCCBr)CCc1cccc(F)c1. The van der Waals surface area contributed by atoms with E-state index in [4.69, 9.17) is 0 Å². The molecule has 0 atom stereocenters. The molecule has 82 valence electrons. The molecule has 0 saturated heterocycles. The summed E-state index contributed by atoms with van der Waals surface area (Å²) in [6, 6.07) is 6.42. The lowest BCUT2D eigenvalue weighted by Gasteiger charge is -2.00. The first-order valence-corrected chi connectivity index (χ1v) is 6.16. The van der Waals surface area contributed by atoms with Gasteiger partial charge in [-0.05, 0) is 30.5 Å². The molecule has 0 bridgehead atoms. The molecule has 0 radical (unpaired) electrons. The molecule has 0 unspecified atom stereocenters. The highest BCUT2D eigenvalue weighted by Gasteiger charge is 2.02. The normalized spacial score (nSPS) is 10.3. The number of benzene rings is 1. The maximum Gasteiger partial charge on any atom is 0.133 e. The zero-order valence-corrected chi connectivity index (χ0v) is 10.1. The monoisotopic (exact) mass is 272 g/mol. The van der Waals surface area contributed by atoms with E-state index >= 15 is 0 Å². The highest BCUT2D eigenvalue weighted by molar-refractivity contribution is 9.09. The van der Waals surface area contributed by atoms with Crippen LogP contribution in [0.1, 0.15) is 24.8 Å². The summed E-state index contributed by atoms with van der Waals surface area (Å²) in [5.74, 6) is 0.0131. The van der Waals surface area contributed by atoms with Crippen molar-refractivity contribution in [1.29, 1.82) is 0 Å². The Labute approximate surface area is 97.8 Å². The third-order valence-corrected chi connectivity index (χ3v) is 2.73. The Morgan fingerprint density at radius 2 is 2.13 bits per heavy atom. The summed E-state index contributed by atoms with van der Waals surface area (Å²) in [5, 5.41) is 0.860. The van der Waals surface area contributed by atoms with Crippen LogP contribution in [-0.4, -0.2) is 11.1 Å². The van der Waals surface area contributed by atoms with Crippen molar-refractivity contribution < 1.29 is 9.18 Å². The predicted octanol–water partition coefficient (Wildman–Crippen LogP) is 3.50. The Balaban J connectivity index is 2.33. The van der Waals surface area contributed by atoms with Crippen LogP contribution < -0.4 is 0 Å². The maximum atomic E-state index is 12.8. The average Bonchev–Trinajstić information content (AvgIpc) is 2.23. The van der Waals surface area contributed by atoms with Crippen molar-refractivity contribution >= 4 is 21.7 Å². The molecule has 1 rings (SSSR count). The van der Waals surface area contributed by atoms with Crippen LogP contribution in [0.3, 0.4) is 0 Å². The van der Waals surface area contributed by atoms with Gasteiger partial charge in [-0.1, -0.05) is 28.1 Å². The fraction of sp³-hybridized carbons (Fsp3) is 0.417. The van der Waals surface area contributed by atoms with Gasteiger partial charge in [-0.2, -0.15) is 0 Å². The van der Waals surface area contributed by atoms with Crippen molar-refractivity contribution in [3.05, 3.63) is 35.6 Å². The summed E-state index contributed by atoms with van der Waals surface area (Å²) < 4.78 is 12.8. The van der Waals surface area contributed by atoms with Crippen molar-refractivity contribution in [1.82, 2.24) is 0 Å². The lowest BCUT2D eigenvalue weighted by Crippen LogP contribution is -2.00. The van der Waals surface area contributed by atoms with Gasteiger partial charge in [-0.3, -0.25) is 4.79 Å². The summed E-state index contributed by atoms with van der Waals surface area (Å²) >= 11 is 3.28. The molecule has 0 aliphatic rings. The number of hydrogen-bond acceptors (Lipinski definition) is 1. The minimum Gasteiger partial charge on any atom is -0.300 e. The third kappa shape index (κ3) is 5.07. The average molecular weight is 273 g/mol. The Kier molecular flexibility index (Phi) is 5.54. The first-order valence-electron chi connectivity index (χ1n) is 5.04. The number of aryl methyl sites for hydroxylation is 1. The Hall–Kier alpha value is -0.700. The second-order valence-electron chi connectivity index (χ2n) is 3.46. The molecule has 3 heteroatoms. The summed E-state index contributed by atoms with van der Waals surface area (Å²) in [5.41, 5.74) is 0.891. The zero-order chi connectivity index (χ0) is 11.1. The van der Waals surface area contributed by atoms with Gasteiger partial charge in [0, 0.05) is 18.2 Å². The summed E-state index contributed by atoms with van der Waals surface area (Å²) in [4.78, 5) is 11.3. The van der Waals surface area contributed by atoms with Crippen molar-refractivity contribution in [2.24, 2.45) is 0 Å². The number of carbonyl (C=O) groups excluding carboxylic acids is 1. The molecular formula is C12H14BrFO. The van der Waals surface area contributed by atoms with Gasteiger partial charge in [0.1, 0.15) is 11.6 Å². The molecule has 0 heterocycles. The molecule has 0 aliphatic carbocycles. The first-order chi connectivity index (χ1) is 7.22. The highest BCUT2D eigenvalue weighted by Crippen LogP contribution is 2.08. The topological polar surface area (TPSA) is 17.1 Å². The number of halogens is 2. The van der Waals surface area contributed by atoms with Crippen molar-refractivity contribution in [3.8, 4) is 0 Å². The van der Waals surface area contributed by atoms with E-state index in [1.165, 1.54) is 12.1 Å². The van der Waals surface area contributed by atoms with Gasteiger partial charge in [0.25, 0.3) is 0 Å². The van der Waals surface area contributed by atoms with E-state index in [0.717, 1.165) is 17.3 Å². The predicted molar refractivity (Wildman–Crippen MR) is 62.8 cm³/mol. The quantitative estimate of drug-likeness (QED) is 0.725. The molecule has 15 heavy (non-hydrogen) atoms. The molecule has 1 nitrogen and oxygen atoms in total. The van der Waals surface area contributed by atoms with E-state index in [-0.39, 0.29) is 11.6 Å². The fourth-order valence-electron chi connectivity index (χ4n) is 1.37. The van der Waals surface area contributed by atoms with Gasteiger partial charge in [-0.25, -0.2) is 4.39 Å². The van der Waals surface area contributed by atoms with Crippen LogP contribution >= 0.6 is 15.9 Å². The molecular weight excluding hydrogens is 259 g/mol. The van der Waals surface area contributed by atoms with E-state index in [0.29, 0.717) is 19.3 Å². The summed E-state index contributed by atoms with van der Waals surface area (Å²) in [7, 11) is 0. The second kappa shape index (κ2) is 6.72. The number of Topliss-reactive ketones (excluding diaryl/α,β-unsaturated/α-hetero) is 1. The smallest absolute Gasteiger partial charge is 0.133 e. The number of rotatable bonds is 6. The van der Waals surface area contributed by atoms with Crippen LogP contribution in [0.25, 0.3) is 0 Å². The van der Waals surface area contributed by atoms with Crippen molar-refractivity contribution in [2.75, 3.05) is 5.33 Å². The fourth-order valence-corrected chi connectivity index (χ4v) is 1.65. The van der Waals surface area contributed by atoms with Gasteiger partial charge >= 0.3 is 0 Å². The molecule has 0 saturated carbocycles. The summed E-state index contributed by atoms with van der Waals surface area (Å²) in [6.07, 6.45) is 2.64. The van der Waals surface area contributed by atoms with E-state index < -0.39 is 0 Å². The molecule has 0 aromatic heterocycles. The number of hydrogen-bond donors (Lipinski definition) is 0. The van der Waals surface area contributed by atoms with E-state index in [1.54, 1.807) is 6.07 Å². The Morgan fingerprint density at radius 3 is 2.80 bits per heavy atom. The largest absolute Gasteiger partial charge is 0.300 e. The van der Waals surface area contributed by atoms with Crippen LogP contribution in [0.15, 0.2) is 24.3 Å². The van der Waals surface area contributed by atoms with Crippen LogP contribution in [-0.2, 0) is 11.2 Å². The van der Waals surface area contributed by atoms with Crippen LogP contribution in [0.5, 0.6) is 0 Å². The van der Waals surface area contributed by atoms with Crippen LogP contribution in [0, 0.1) is 5.82 Å². The number of carbonyl (C=O) groups is 1. The first kappa shape index (κ1) is 12.4. The van der Waals surface area contributed by atoms with Gasteiger partial charge in [0.15, 0.2) is 0 Å². The van der Waals surface area contributed by atoms with E-state index in [2.05, 4.69) is 15.9 Å². The molecule has 0 spiro atoms. The number of ketones is 1. The molecule has 1 aromatic carbocycles. The number of alkyl halides is 1. The highest BCUT2D eigenvalue weighted by atomic mass is 79.9. The van der Waals surface area contributed by atoms with Crippen LogP contribution in [0.2, 0.25) is 0 Å². The maximum absolute atomic E-state index is 12.8. The van der Waals surface area contributed by atoms with Gasteiger partial charge in [0.2, 0.25) is 0 Å². The zero-order valence-electron chi connectivity index (χ0n) is 8.51. The Bertz CT molecular complexity index is 325. The van der Waals surface area contributed by atoms with Crippen molar-refractivity contribution in [2.45, 2.75) is 25.7 Å². The van der Waals surface area contributed by atoms with E-state index in [9.17, 15) is 9.18 Å². The lowest BCUT2D eigenvalue weighted by atomic mass is 10.1. The minimum absolute atomic E-state index is 0.236. The van der Waals surface area contributed by atoms with Gasteiger partial charge in [-0.15, -0.1) is 0 Å². The molecule has 1 aromatic rings. The van der Waals surface area contributed by atoms with Crippen LogP contribution in [0.4, 0.5) is 4.39 Å². The molecule has 0 fully saturated rings. The minimum atomic E-state index is -0.236. The molecule has 0 amide bonds. The molecule has 0 N–H and O–H groups in total. The standard InChI is InChI=1S/C12H14BrFO/c13-8-2-5-12(15)7-6-10-3-1-4-11(14)9-10/h1,3-4,9H,2,5-8H2. The van der Waals surface area contributed by atoms with Crippen molar-refractivity contribution in [3.63, 3.8) is 0 Å². The van der Waals surface area contributed by atoms with Gasteiger partial charge in [0.05, 0.1) is 0 Å². The van der Waals surface area contributed by atoms with E-state index in [1.807, 2.05) is 6.07 Å². The van der Waals surface area contributed by atoms with Gasteiger partial charge < -0.3 is 0 Å². The molecule has 0 aliphatic heterocycles. The second-order valence-corrected chi connectivity index (χ2v) is 4.25. The summed E-state index contributed by atoms with van der Waals surface area (Å²) in [6.45, 7) is 0. The lowest BCUT2D eigenvalue weighted by molar-refractivity contribution is -0.119.